The molecule has 0 aliphatic carbocycles. The van der Waals surface area contributed by atoms with Gasteiger partial charge in [-0.3, -0.25) is 4.79 Å². The van der Waals surface area contributed by atoms with Crippen LogP contribution in [0, 0.1) is 0 Å². The zero-order valence-electron chi connectivity index (χ0n) is 16.4. The molecule has 0 bridgehead atoms. The number of aliphatic carboxylic acids is 2. The molecule has 0 fully saturated rings. The van der Waals surface area contributed by atoms with Crippen LogP contribution in [0.1, 0.15) is 84.5 Å². The van der Waals surface area contributed by atoms with Crippen molar-refractivity contribution >= 4 is 55.6 Å². The molecule has 0 heterocycles. The van der Waals surface area contributed by atoms with Crippen LogP contribution in [0.5, 0.6) is 0 Å². The molecule has 0 saturated heterocycles. The topological polar surface area (TPSA) is 135 Å². The monoisotopic (exact) mass is 398 g/mol. The third kappa shape index (κ3) is 28.4. The van der Waals surface area contributed by atoms with E-state index in [4.69, 9.17) is 5.73 Å². The van der Waals surface area contributed by atoms with Crippen LogP contribution in [0.3, 0.4) is 0 Å². The summed E-state index contributed by atoms with van der Waals surface area (Å²) in [5, 5.41) is 22.2. The molecule has 0 aromatic rings. The van der Waals surface area contributed by atoms with Crippen LogP contribution in [0.2, 0.25) is 0 Å². The van der Waals surface area contributed by atoms with Crippen LogP contribution in [0.15, 0.2) is 0 Å². The molecule has 0 rings (SSSR count). The van der Waals surface area contributed by atoms with Gasteiger partial charge < -0.3 is 30.9 Å². The molecule has 0 spiro atoms. The van der Waals surface area contributed by atoms with E-state index in [9.17, 15) is 24.6 Å². The minimum atomic E-state index is -1.21. The predicted molar refractivity (Wildman–Crippen MR) is 98.9 cm³/mol. The van der Waals surface area contributed by atoms with Gasteiger partial charge in [-0.1, -0.05) is 58.3 Å². The van der Waals surface area contributed by atoms with Crippen molar-refractivity contribution in [2.45, 2.75) is 90.5 Å². The fraction of sp³-hybridized carbons (Fsp3) is 0.833. The van der Waals surface area contributed by atoms with Gasteiger partial charge in [0.25, 0.3) is 0 Å². The van der Waals surface area contributed by atoms with E-state index in [0.29, 0.717) is 6.42 Å². The number of nitrogens with one attached hydrogen (secondary N) is 1. The molecule has 0 aliphatic rings. The number of hydrogen-bond donors (Lipinski definition) is 2. The smallest absolute Gasteiger partial charge is 0.550 e. The molecule has 0 saturated carbocycles. The van der Waals surface area contributed by atoms with Crippen molar-refractivity contribution in [3.8, 4) is 0 Å². The molecular weight excluding hydrogens is 364 g/mol. The standard InChI is InChI=1S/C15H29NO3.C3H7NO2.Ca/c1-2-3-4-5-6-7-8-9-10-11-14(17)16-13-12-15(18)19;1-2(4)3(5)6;/h2-13H2,1H3,(H,16,17)(H,18,19);2H,4H2,1H3,(H,5,6);/q;;+2/p-2/t;2-;/m.0./s1. The Hall–Kier alpha value is -0.370. The van der Waals surface area contributed by atoms with Gasteiger partial charge in [0.1, 0.15) is 0 Å². The van der Waals surface area contributed by atoms with Crippen LogP contribution in [-0.2, 0) is 14.4 Å². The maximum absolute atomic E-state index is 11.3. The number of carboxylic acid groups (broad SMARTS) is 2. The van der Waals surface area contributed by atoms with Crippen molar-refractivity contribution in [1.29, 1.82) is 0 Å². The van der Waals surface area contributed by atoms with Crippen molar-refractivity contribution in [3.05, 3.63) is 0 Å². The minimum absolute atomic E-state index is 0. The molecule has 148 valence electrons. The zero-order valence-corrected chi connectivity index (χ0v) is 18.6. The maximum atomic E-state index is 11.3. The van der Waals surface area contributed by atoms with E-state index >= 15 is 0 Å². The summed E-state index contributed by atoms with van der Waals surface area (Å²) in [6.07, 6.45) is 11.4. The number of rotatable bonds is 14. The fourth-order valence-corrected chi connectivity index (χ4v) is 1.99. The largest absolute Gasteiger partial charge is 2.00 e. The van der Waals surface area contributed by atoms with E-state index in [-0.39, 0.29) is 56.6 Å². The van der Waals surface area contributed by atoms with Gasteiger partial charge in [0.2, 0.25) is 5.91 Å². The zero-order chi connectivity index (χ0) is 19.5. The Morgan fingerprint density at radius 3 is 1.69 bits per heavy atom. The second-order valence-electron chi connectivity index (χ2n) is 6.16. The van der Waals surface area contributed by atoms with Crippen molar-refractivity contribution < 1.29 is 24.6 Å². The molecule has 26 heavy (non-hydrogen) atoms. The van der Waals surface area contributed by atoms with E-state index in [1.54, 1.807) is 0 Å². The van der Waals surface area contributed by atoms with Gasteiger partial charge in [0.05, 0.1) is 5.97 Å². The summed E-state index contributed by atoms with van der Waals surface area (Å²) < 4.78 is 0. The molecule has 0 aromatic heterocycles. The van der Waals surface area contributed by atoms with Crippen LogP contribution in [0.4, 0.5) is 0 Å². The molecule has 8 heteroatoms. The summed E-state index contributed by atoms with van der Waals surface area (Å²) in [5.74, 6) is -2.39. The van der Waals surface area contributed by atoms with Gasteiger partial charge in [0.15, 0.2) is 0 Å². The first-order chi connectivity index (χ1) is 11.8. The summed E-state index contributed by atoms with van der Waals surface area (Å²) in [5.41, 5.74) is 4.77. The second-order valence-corrected chi connectivity index (χ2v) is 6.16. The summed E-state index contributed by atoms with van der Waals surface area (Å²) in [7, 11) is 0. The van der Waals surface area contributed by atoms with E-state index in [1.165, 1.54) is 51.9 Å². The van der Waals surface area contributed by atoms with Crippen molar-refractivity contribution in [3.63, 3.8) is 0 Å². The average molecular weight is 399 g/mol. The van der Waals surface area contributed by atoms with E-state index < -0.39 is 18.0 Å². The van der Waals surface area contributed by atoms with E-state index in [2.05, 4.69) is 12.2 Å². The normalized spacial score (nSPS) is 10.7. The van der Waals surface area contributed by atoms with Crippen LogP contribution >= 0.6 is 0 Å². The molecule has 0 unspecified atom stereocenters. The number of carbonyl (C=O) groups excluding carboxylic acids is 3. The van der Waals surface area contributed by atoms with Gasteiger partial charge in [0, 0.05) is 31.4 Å². The van der Waals surface area contributed by atoms with Crippen molar-refractivity contribution in [1.82, 2.24) is 5.32 Å². The molecule has 1 amide bonds. The maximum Gasteiger partial charge on any atom is 2.00 e. The third-order valence-electron chi connectivity index (χ3n) is 3.53. The first-order valence-electron chi connectivity index (χ1n) is 9.24. The van der Waals surface area contributed by atoms with Crippen LogP contribution in [-0.4, -0.2) is 68.2 Å². The number of carboxylic acids is 2. The quantitative estimate of drug-likeness (QED) is 0.309. The summed E-state index contributed by atoms with van der Waals surface area (Å²) in [6.45, 7) is 3.76. The molecule has 3 N–H and O–H groups in total. The fourth-order valence-electron chi connectivity index (χ4n) is 1.99. The Bertz CT molecular complexity index is 365. The van der Waals surface area contributed by atoms with Gasteiger partial charge in [-0.2, -0.15) is 0 Å². The predicted octanol–water partition coefficient (Wildman–Crippen LogP) is -0.134. The van der Waals surface area contributed by atoms with Crippen molar-refractivity contribution in [2.75, 3.05) is 6.54 Å². The first kappa shape index (κ1) is 30.4. The molecule has 7 nitrogen and oxygen atoms in total. The third-order valence-corrected chi connectivity index (χ3v) is 3.53. The first-order valence-corrected chi connectivity index (χ1v) is 9.24. The van der Waals surface area contributed by atoms with E-state index in [0.717, 1.165) is 12.8 Å². The molecule has 1 atom stereocenters. The number of carbonyl (C=O) groups is 3. The Kier molecular flexibility index (Phi) is 26.5. The summed E-state index contributed by atoms with van der Waals surface area (Å²) in [4.78, 5) is 30.9. The van der Waals surface area contributed by atoms with Gasteiger partial charge in [-0.25, -0.2) is 0 Å². The van der Waals surface area contributed by atoms with Crippen LogP contribution in [0.25, 0.3) is 0 Å². The van der Waals surface area contributed by atoms with Gasteiger partial charge in [-0.15, -0.1) is 0 Å². The number of nitrogens with two attached hydrogens (primary N) is 1. The number of amides is 1. The second kappa shape index (κ2) is 22.7. The minimum Gasteiger partial charge on any atom is -0.550 e. The van der Waals surface area contributed by atoms with Crippen molar-refractivity contribution in [2.24, 2.45) is 5.73 Å². The van der Waals surface area contributed by atoms with Gasteiger partial charge >= 0.3 is 37.7 Å². The Morgan fingerprint density at radius 1 is 0.885 bits per heavy atom. The van der Waals surface area contributed by atoms with E-state index in [1.807, 2.05) is 0 Å². The Balaban J connectivity index is -0.000000649. The van der Waals surface area contributed by atoms with Crippen LogP contribution < -0.4 is 21.3 Å². The molecule has 0 radical (unpaired) electrons. The summed E-state index contributed by atoms with van der Waals surface area (Å²) in [6, 6.07) is -0.843. The molecule has 0 aromatic carbocycles. The Labute approximate surface area is 187 Å². The number of unbranched alkanes of at least 4 members (excludes halogenated alkanes) is 8. The molecular formula is C18H34CaN2O5. The number of hydrogen-bond acceptors (Lipinski definition) is 6. The average Bonchev–Trinajstić information content (AvgIpc) is 2.53. The molecule has 0 aliphatic heterocycles. The summed E-state index contributed by atoms with van der Waals surface area (Å²) >= 11 is 0. The van der Waals surface area contributed by atoms with Gasteiger partial charge in [-0.05, 0) is 13.3 Å². The SMILES string of the molecule is CCCCCCCCCCCC(=O)NCCC(=O)[O-].C[C@H](N)C(=O)[O-].[Ca+2]. The Morgan fingerprint density at radius 2 is 1.31 bits per heavy atom.